The Hall–Kier alpha value is -2.62. The summed E-state index contributed by atoms with van der Waals surface area (Å²) in [7, 11) is 0. The van der Waals surface area contributed by atoms with Gasteiger partial charge in [-0.3, -0.25) is 4.79 Å². The lowest BCUT2D eigenvalue weighted by Crippen LogP contribution is -2.09. The van der Waals surface area contributed by atoms with Crippen LogP contribution in [0, 0.1) is 0 Å². The first-order chi connectivity index (χ1) is 8.58. The Labute approximate surface area is 103 Å². The second-order valence-electron chi connectivity index (χ2n) is 3.76. The Morgan fingerprint density at radius 2 is 1.61 bits per heavy atom. The van der Waals surface area contributed by atoms with Crippen LogP contribution >= 0.6 is 0 Å². The third-order valence-corrected chi connectivity index (χ3v) is 2.52. The molecular weight excluding hydrogens is 232 g/mol. The van der Waals surface area contributed by atoms with Crippen LogP contribution in [0.3, 0.4) is 0 Å². The Morgan fingerprint density at radius 1 is 0.944 bits per heavy atom. The number of aliphatic hydroxyl groups excluding tert-OH is 1. The van der Waals surface area contributed by atoms with Crippen molar-refractivity contribution in [2.45, 2.75) is 0 Å². The van der Waals surface area contributed by atoms with Crippen LogP contribution in [0.15, 0.2) is 48.5 Å². The Bertz CT molecular complexity index is 656. The highest BCUT2D eigenvalue weighted by Gasteiger charge is 2.10. The first kappa shape index (κ1) is 11.9. The van der Waals surface area contributed by atoms with Gasteiger partial charge < -0.3 is 10.2 Å². The minimum absolute atomic E-state index is 0.354. The maximum atomic E-state index is 11.0. The van der Waals surface area contributed by atoms with Gasteiger partial charge in [-0.15, -0.1) is 0 Å². The molecule has 90 valence electrons. The van der Waals surface area contributed by atoms with Gasteiger partial charge in [-0.05, 0) is 16.8 Å². The number of hydrogen-bond donors (Lipinski definition) is 2. The zero-order valence-corrected chi connectivity index (χ0v) is 9.33. The van der Waals surface area contributed by atoms with Crippen LogP contribution in [0.1, 0.15) is 5.56 Å². The quantitative estimate of drug-likeness (QED) is 0.492. The molecule has 0 saturated heterocycles. The van der Waals surface area contributed by atoms with Crippen molar-refractivity contribution >= 4 is 28.3 Å². The van der Waals surface area contributed by atoms with Gasteiger partial charge in [-0.25, -0.2) is 4.79 Å². The fourth-order valence-corrected chi connectivity index (χ4v) is 1.62. The van der Waals surface area contributed by atoms with Crippen LogP contribution in [-0.2, 0) is 9.59 Å². The van der Waals surface area contributed by atoms with E-state index in [2.05, 4.69) is 0 Å². The molecule has 4 heteroatoms. The van der Waals surface area contributed by atoms with E-state index in [0.29, 0.717) is 11.6 Å². The number of carboxylic acid groups (broad SMARTS) is 1. The molecule has 2 aromatic rings. The highest BCUT2D eigenvalue weighted by atomic mass is 16.4. The van der Waals surface area contributed by atoms with Crippen LogP contribution in [0.5, 0.6) is 0 Å². The van der Waals surface area contributed by atoms with E-state index in [1.807, 2.05) is 24.3 Å². The second kappa shape index (κ2) is 4.71. The lowest BCUT2D eigenvalue weighted by molar-refractivity contribution is -0.146. The van der Waals surface area contributed by atoms with Crippen molar-refractivity contribution in [3.05, 3.63) is 54.1 Å². The van der Waals surface area contributed by atoms with E-state index in [9.17, 15) is 14.7 Å². The molecule has 0 fully saturated rings. The number of carbonyl (C=O) groups excluding carboxylic acids is 1. The number of hydrogen-bond acceptors (Lipinski definition) is 3. The number of carboxylic acids is 1. The monoisotopic (exact) mass is 242 g/mol. The molecule has 4 nitrogen and oxygen atoms in total. The molecule has 0 saturated carbocycles. The van der Waals surface area contributed by atoms with Gasteiger partial charge in [0.1, 0.15) is 5.76 Å². The van der Waals surface area contributed by atoms with Crippen molar-refractivity contribution in [3.63, 3.8) is 0 Å². The molecule has 0 unspecified atom stereocenters. The molecule has 0 amide bonds. The first-order valence-electron chi connectivity index (χ1n) is 5.25. The Balaban J connectivity index is 2.42. The zero-order chi connectivity index (χ0) is 13.1. The molecule has 0 heterocycles. The number of aliphatic hydroxyl groups is 1. The minimum Gasteiger partial charge on any atom is -0.507 e. The summed E-state index contributed by atoms with van der Waals surface area (Å²) in [4.78, 5) is 21.3. The van der Waals surface area contributed by atoms with Gasteiger partial charge in [0.15, 0.2) is 0 Å². The number of benzene rings is 2. The molecule has 0 atom stereocenters. The average molecular weight is 242 g/mol. The molecule has 0 bridgehead atoms. The summed E-state index contributed by atoms with van der Waals surface area (Å²) in [6, 6.07) is 12.6. The van der Waals surface area contributed by atoms with Crippen molar-refractivity contribution < 1.29 is 19.8 Å². The number of ketones is 1. The van der Waals surface area contributed by atoms with Gasteiger partial charge in [0.05, 0.1) is 0 Å². The minimum atomic E-state index is -1.60. The molecule has 2 N–H and O–H groups in total. The SMILES string of the molecule is O=C(O)C(=O)C=C(O)c1ccc2ccccc2c1. The van der Waals surface area contributed by atoms with Gasteiger partial charge in [0.25, 0.3) is 5.78 Å². The van der Waals surface area contributed by atoms with Crippen LogP contribution in [-0.4, -0.2) is 22.0 Å². The smallest absolute Gasteiger partial charge is 0.376 e. The zero-order valence-electron chi connectivity index (χ0n) is 9.33. The Morgan fingerprint density at radius 3 is 2.28 bits per heavy atom. The Kier molecular flexibility index (Phi) is 3.10. The summed E-state index contributed by atoms with van der Waals surface area (Å²) in [5.41, 5.74) is 0.406. The maximum absolute atomic E-state index is 11.0. The van der Waals surface area contributed by atoms with Crippen molar-refractivity contribution in [1.29, 1.82) is 0 Å². The van der Waals surface area contributed by atoms with Crippen LogP contribution in [0.2, 0.25) is 0 Å². The highest BCUT2D eigenvalue weighted by Crippen LogP contribution is 2.19. The van der Waals surface area contributed by atoms with Crippen molar-refractivity contribution in [2.24, 2.45) is 0 Å². The van der Waals surface area contributed by atoms with Crippen LogP contribution < -0.4 is 0 Å². The third-order valence-electron chi connectivity index (χ3n) is 2.52. The molecule has 0 aromatic heterocycles. The van der Waals surface area contributed by atoms with Gasteiger partial charge >= 0.3 is 5.97 Å². The number of rotatable bonds is 3. The van der Waals surface area contributed by atoms with E-state index < -0.39 is 11.8 Å². The molecule has 0 spiro atoms. The standard InChI is InChI=1S/C14H10O4/c15-12(8-13(16)14(17)18)11-6-5-9-3-1-2-4-10(9)7-11/h1-8,15H,(H,17,18). The summed E-state index contributed by atoms with van der Waals surface area (Å²) < 4.78 is 0. The van der Waals surface area contributed by atoms with E-state index >= 15 is 0 Å². The van der Waals surface area contributed by atoms with Crippen LogP contribution in [0.4, 0.5) is 0 Å². The second-order valence-corrected chi connectivity index (χ2v) is 3.76. The van der Waals surface area contributed by atoms with Gasteiger partial charge in [0.2, 0.25) is 0 Å². The first-order valence-corrected chi connectivity index (χ1v) is 5.25. The fraction of sp³-hybridized carbons (Fsp3) is 0. The molecule has 2 rings (SSSR count). The predicted molar refractivity (Wildman–Crippen MR) is 67.2 cm³/mol. The average Bonchev–Trinajstić information content (AvgIpc) is 2.37. The summed E-state index contributed by atoms with van der Waals surface area (Å²) >= 11 is 0. The molecule has 0 aliphatic carbocycles. The molecule has 0 aliphatic rings. The molecule has 18 heavy (non-hydrogen) atoms. The summed E-state index contributed by atoms with van der Waals surface area (Å²) in [5.74, 6) is -3.10. The fourth-order valence-electron chi connectivity index (χ4n) is 1.62. The van der Waals surface area contributed by atoms with Gasteiger partial charge in [-0.1, -0.05) is 36.4 Å². The number of carbonyl (C=O) groups is 2. The van der Waals surface area contributed by atoms with Crippen molar-refractivity contribution in [1.82, 2.24) is 0 Å². The van der Waals surface area contributed by atoms with E-state index in [-0.39, 0.29) is 5.76 Å². The lowest BCUT2D eigenvalue weighted by atomic mass is 10.1. The predicted octanol–water partition coefficient (Wildman–Crippen LogP) is 2.39. The molecule has 0 aliphatic heterocycles. The van der Waals surface area contributed by atoms with Gasteiger partial charge in [0, 0.05) is 11.6 Å². The summed E-state index contributed by atoms with van der Waals surface area (Å²) in [5, 5.41) is 20.0. The van der Waals surface area contributed by atoms with Crippen molar-refractivity contribution in [3.8, 4) is 0 Å². The third kappa shape index (κ3) is 2.38. The molecular formula is C14H10O4. The topological polar surface area (TPSA) is 74.6 Å². The van der Waals surface area contributed by atoms with E-state index in [4.69, 9.17) is 5.11 Å². The highest BCUT2D eigenvalue weighted by molar-refractivity contribution is 6.38. The van der Waals surface area contributed by atoms with Crippen LogP contribution in [0.25, 0.3) is 16.5 Å². The van der Waals surface area contributed by atoms with E-state index in [0.717, 1.165) is 10.8 Å². The number of aliphatic carboxylic acids is 1. The van der Waals surface area contributed by atoms with E-state index in [1.54, 1.807) is 18.2 Å². The number of fused-ring (bicyclic) bond motifs is 1. The normalized spacial score (nSPS) is 11.4. The molecule has 2 aromatic carbocycles. The largest absolute Gasteiger partial charge is 0.507 e. The molecule has 0 radical (unpaired) electrons. The van der Waals surface area contributed by atoms with Gasteiger partial charge in [-0.2, -0.15) is 0 Å². The van der Waals surface area contributed by atoms with E-state index in [1.165, 1.54) is 0 Å². The summed E-state index contributed by atoms with van der Waals surface area (Å²) in [6.45, 7) is 0. The van der Waals surface area contributed by atoms with Crippen molar-refractivity contribution in [2.75, 3.05) is 0 Å². The lowest BCUT2D eigenvalue weighted by Gasteiger charge is -2.02. The maximum Gasteiger partial charge on any atom is 0.376 e. The summed E-state index contributed by atoms with van der Waals surface area (Å²) in [6.07, 6.45) is 0.701.